The highest BCUT2D eigenvalue weighted by Crippen LogP contribution is 2.14. The number of hydrogen-bond acceptors (Lipinski definition) is 6. The van der Waals surface area contributed by atoms with Crippen molar-refractivity contribution in [2.24, 2.45) is 0 Å². The van der Waals surface area contributed by atoms with Crippen molar-refractivity contribution in [3.05, 3.63) is 36.5 Å². The van der Waals surface area contributed by atoms with E-state index in [0.717, 1.165) is 6.42 Å². The number of nitrogens with one attached hydrogen (secondary N) is 1. The summed E-state index contributed by atoms with van der Waals surface area (Å²) in [5, 5.41) is 39.9. The van der Waals surface area contributed by atoms with Gasteiger partial charge in [0.2, 0.25) is 5.91 Å². The molecule has 0 aromatic rings. The largest absolute Gasteiger partial charge is 0.394 e. The summed E-state index contributed by atoms with van der Waals surface area (Å²) in [7, 11) is 0. The van der Waals surface area contributed by atoms with Crippen LogP contribution in [0.1, 0.15) is 122 Å². The standard InChI is InChI=1S/C32H57NO6/c1-2-3-4-5-6-7-8-9-10-11-12-13-14-15-16-17-18-19-20-21-22-23-24-25-30(37)33-28(26-34)31(38)32(39)29(36)27-35/h20-26,28-29,31-32,35-36,38-39H,2-19,27H2,1H3,(H,33,37)/t28-,29+,31+,32+/m0/s1. The van der Waals surface area contributed by atoms with Crippen LogP contribution in [-0.2, 0) is 9.59 Å². The fraction of sp³-hybridized carbons (Fsp3) is 0.750. The van der Waals surface area contributed by atoms with Crippen LogP contribution < -0.4 is 5.32 Å². The zero-order valence-corrected chi connectivity index (χ0v) is 24.4. The molecule has 5 N–H and O–H groups in total. The van der Waals surface area contributed by atoms with Crippen molar-refractivity contribution in [3.63, 3.8) is 0 Å². The van der Waals surface area contributed by atoms with Crippen LogP contribution >= 0.6 is 0 Å². The first-order chi connectivity index (χ1) is 19.0. The summed E-state index contributed by atoms with van der Waals surface area (Å²) in [6, 6.07) is -1.41. The van der Waals surface area contributed by atoms with Gasteiger partial charge in [0.15, 0.2) is 0 Å². The van der Waals surface area contributed by atoms with E-state index in [1.165, 1.54) is 121 Å². The third kappa shape index (κ3) is 22.7. The maximum absolute atomic E-state index is 11.9. The second-order valence-corrected chi connectivity index (χ2v) is 10.5. The second kappa shape index (κ2) is 27.8. The van der Waals surface area contributed by atoms with Crippen LogP contribution in [0.15, 0.2) is 36.5 Å². The van der Waals surface area contributed by atoms with Crippen molar-refractivity contribution in [2.75, 3.05) is 6.61 Å². The molecule has 0 aliphatic rings. The van der Waals surface area contributed by atoms with Crippen molar-refractivity contribution in [1.29, 1.82) is 0 Å². The number of carbonyl (C=O) groups excluding carboxylic acids is 2. The number of amides is 1. The molecule has 0 aliphatic heterocycles. The van der Waals surface area contributed by atoms with Gasteiger partial charge in [0.1, 0.15) is 30.6 Å². The molecule has 39 heavy (non-hydrogen) atoms. The maximum Gasteiger partial charge on any atom is 0.244 e. The molecule has 0 rings (SSSR count). The smallest absolute Gasteiger partial charge is 0.244 e. The first-order valence-electron chi connectivity index (χ1n) is 15.4. The molecule has 0 saturated heterocycles. The minimum absolute atomic E-state index is 0.266. The van der Waals surface area contributed by atoms with Crippen LogP contribution in [0, 0.1) is 0 Å². The monoisotopic (exact) mass is 551 g/mol. The Kier molecular flexibility index (Phi) is 26.5. The van der Waals surface area contributed by atoms with Gasteiger partial charge in [-0.2, -0.15) is 0 Å². The number of aliphatic hydroxyl groups is 4. The molecule has 0 bridgehead atoms. The van der Waals surface area contributed by atoms with Gasteiger partial charge < -0.3 is 30.5 Å². The Labute approximate surface area is 237 Å². The molecule has 7 nitrogen and oxygen atoms in total. The topological polar surface area (TPSA) is 127 Å². The zero-order valence-electron chi connectivity index (χ0n) is 24.4. The summed E-state index contributed by atoms with van der Waals surface area (Å²) in [5.74, 6) is -0.631. The molecule has 0 fully saturated rings. The van der Waals surface area contributed by atoms with Crippen molar-refractivity contribution >= 4 is 12.2 Å². The first kappa shape index (κ1) is 37.2. The summed E-state index contributed by atoms with van der Waals surface area (Å²) < 4.78 is 0. The number of aldehydes is 1. The van der Waals surface area contributed by atoms with Crippen LogP contribution in [-0.4, -0.2) is 63.6 Å². The van der Waals surface area contributed by atoms with E-state index in [9.17, 15) is 24.9 Å². The van der Waals surface area contributed by atoms with Crippen LogP contribution in [0.2, 0.25) is 0 Å². The molecular formula is C32H57NO6. The minimum Gasteiger partial charge on any atom is -0.394 e. The molecule has 7 heteroatoms. The number of hydrogen-bond donors (Lipinski definition) is 5. The highest BCUT2D eigenvalue weighted by atomic mass is 16.4. The summed E-state index contributed by atoms with van der Waals surface area (Å²) in [5.41, 5.74) is 0. The number of allylic oxidation sites excluding steroid dienone is 5. The fourth-order valence-electron chi connectivity index (χ4n) is 4.39. The first-order valence-corrected chi connectivity index (χ1v) is 15.4. The van der Waals surface area contributed by atoms with Crippen LogP contribution in [0.5, 0.6) is 0 Å². The molecule has 0 unspecified atom stereocenters. The van der Waals surface area contributed by atoms with Crippen LogP contribution in [0.4, 0.5) is 0 Å². The van der Waals surface area contributed by atoms with Gasteiger partial charge in [0.25, 0.3) is 0 Å². The molecule has 0 spiro atoms. The SMILES string of the molecule is CCCCCCCCCCCCCCCCCCCC=CC=CC=CC(=O)N[C@@H](C=O)[C@@H](O)[C@H](O)[C@H](O)CO. The van der Waals surface area contributed by atoms with E-state index < -0.39 is 36.9 Å². The van der Waals surface area contributed by atoms with E-state index in [4.69, 9.17) is 5.11 Å². The average molecular weight is 552 g/mol. The molecule has 0 radical (unpaired) electrons. The fourth-order valence-corrected chi connectivity index (χ4v) is 4.39. The lowest BCUT2D eigenvalue weighted by molar-refractivity contribution is -0.128. The average Bonchev–Trinajstić information content (AvgIpc) is 2.95. The number of aliphatic hydroxyl groups excluding tert-OH is 4. The molecule has 0 saturated carbocycles. The molecule has 0 aliphatic carbocycles. The van der Waals surface area contributed by atoms with E-state index >= 15 is 0 Å². The van der Waals surface area contributed by atoms with E-state index in [0.29, 0.717) is 0 Å². The van der Waals surface area contributed by atoms with E-state index in [2.05, 4.69) is 18.3 Å². The normalized spacial score (nSPS) is 15.2. The molecule has 0 heterocycles. The summed E-state index contributed by atoms with van der Waals surface area (Å²) in [4.78, 5) is 23.0. The van der Waals surface area contributed by atoms with Crippen molar-refractivity contribution < 1.29 is 30.0 Å². The van der Waals surface area contributed by atoms with Gasteiger partial charge in [0, 0.05) is 6.08 Å². The molecule has 4 atom stereocenters. The van der Waals surface area contributed by atoms with Crippen LogP contribution in [0.3, 0.4) is 0 Å². The van der Waals surface area contributed by atoms with Gasteiger partial charge in [-0.1, -0.05) is 140 Å². The summed E-state index contributed by atoms with van der Waals surface area (Å²) in [6.45, 7) is 1.49. The zero-order chi connectivity index (χ0) is 29.0. The Morgan fingerprint density at radius 3 is 1.59 bits per heavy atom. The van der Waals surface area contributed by atoms with Crippen molar-refractivity contribution in [1.82, 2.24) is 5.32 Å². The highest BCUT2D eigenvalue weighted by molar-refractivity contribution is 5.89. The number of carbonyl (C=O) groups is 2. The summed E-state index contributed by atoms with van der Waals surface area (Å²) in [6.07, 6.45) is 29.6. The lowest BCUT2D eigenvalue weighted by Gasteiger charge is -2.25. The van der Waals surface area contributed by atoms with Gasteiger partial charge in [-0.05, 0) is 12.8 Å². The lowest BCUT2D eigenvalue weighted by Crippen LogP contribution is -2.53. The van der Waals surface area contributed by atoms with Gasteiger partial charge in [-0.25, -0.2) is 0 Å². The Balaban J connectivity index is 3.67. The maximum atomic E-state index is 11.9. The van der Waals surface area contributed by atoms with E-state index in [-0.39, 0.29) is 6.29 Å². The number of rotatable bonds is 27. The predicted molar refractivity (Wildman–Crippen MR) is 159 cm³/mol. The molecule has 226 valence electrons. The molecule has 0 aromatic heterocycles. The van der Waals surface area contributed by atoms with Gasteiger partial charge >= 0.3 is 0 Å². The van der Waals surface area contributed by atoms with Gasteiger partial charge in [-0.3, -0.25) is 4.79 Å². The minimum atomic E-state index is -1.77. The molecular weight excluding hydrogens is 494 g/mol. The van der Waals surface area contributed by atoms with E-state index in [1.807, 2.05) is 12.2 Å². The molecule has 1 amide bonds. The van der Waals surface area contributed by atoms with Gasteiger partial charge in [-0.15, -0.1) is 0 Å². The second-order valence-electron chi connectivity index (χ2n) is 10.5. The van der Waals surface area contributed by atoms with Crippen molar-refractivity contribution in [3.8, 4) is 0 Å². The third-order valence-electron chi connectivity index (χ3n) is 6.95. The van der Waals surface area contributed by atoms with Crippen LogP contribution in [0.25, 0.3) is 0 Å². The van der Waals surface area contributed by atoms with E-state index in [1.54, 1.807) is 6.08 Å². The number of unbranched alkanes of at least 4 members (excludes halogenated alkanes) is 17. The Morgan fingerprint density at radius 1 is 0.667 bits per heavy atom. The Hall–Kier alpha value is -1.80. The Bertz CT molecular complexity index is 663. The highest BCUT2D eigenvalue weighted by Gasteiger charge is 2.31. The third-order valence-corrected chi connectivity index (χ3v) is 6.95. The quantitative estimate of drug-likeness (QED) is 0.0400. The Morgan fingerprint density at radius 2 is 1.13 bits per heavy atom. The predicted octanol–water partition coefficient (Wildman–Crippen LogP) is 5.46. The summed E-state index contributed by atoms with van der Waals surface area (Å²) >= 11 is 0. The van der Waals surface area contributed by atoms with Crippen molar-refractivity contribution in [2.45, 2.75) is 147 Å². The molecule has 0 aromatic carbocycles. The van der Waals surface area contributed by atoms with Gasteiger partial charge in [0.05, 0.1) is 6.61 Å². The lowest BCUT2D eigenvalue weighted by atomic mass is 10.0.